The van der Waals surface area contributed by atoms with Gasteiger partial charge >= 0.3 is 0 Å². The second kappa shape index (κ2) is 20.7. The van der Waals surface area contributed by atoms with E-state index in [1.807, 2.05) is 0 Å². The number of rotatable bonds is 20. The molecule has 0 fully saturated rings. The largest absolute Gasteiger partial charge is 0.374 e. The molecular weight excluding hydrogens is 901 g/mol. The van der Waals surface area contributed by atoms with Gasteiger partial charge in [0.15, 0.2) is 0 Å². The van der Waals surface area contributed by atoms with Crippen LogP contribution in [0.5, 0.6) is 0 Å². The molecule has 0 spiro atoms. The number of benzene rings is 4. The average molecular weight is 947 g/mol. The Balaban J connectivity index is 1.25. The lowest BCUT2D eigenvalue weighted by molar-refractivity contribution is 0.223. The van der Waals surface area contributed by atoms with Crippen LogP contribution >= 0.6 is 0 Å². The van der Waals surface area contributed by atoms with Crippen molar-refractivity contribution in [3.63, 3.8) is 0 Å². The molecule has 0 aliphatic carbocycles. The number of nitrogens with one attached hydrogen (secondary N) is 8. The first-order chi connectivity index (χ1) is 31.1. The summed E-state index contributed by atoms with van der Waals surface area (Å²) in [7, 11) is -9.83. The van der Waals surface area contributed by atoms with Crippen LogP contribution < -0.4 is 42.5 Å². The van der Waals surface area contributed by atoms with Gasteiger partial charge in [0.1, 0.15) is 34.7 Å². The number of anilines is 12. The van der Waals surface area contributed by atoms with Gasteiger partial charge in [0.05, 0.1) is 0 Å². The van der Waals surface area contributed by atoms with E-state index in [9.17, 15) is 46.4 Å². The molecule has 6 aromatic rings. The van der Waals surface area contributed by atoms with Crippen LogP contribution in [0.15, 0.2) is 94.7 Å². The van der Waals surface area contributed by atoms with Crippen molar-refractivity contribution in [2.45, 2.75) is 62.4 Å². The fourth-order valence-electron chi connectivity index (χ4n) is 5.90. The molecular formula is C40H46N14O10S2. The third-order valence-electron chi connectivity index (χ3n) is 8.52. The van der Waals surface area contributed by atoms with Gasteiger partial charge in [0.25, 0.3) is 20.2 Å². The molecule has 2 heterocycles. The Morgan fingerprint density at radius 3 is 0.939 bits per heavy atom. The first kappa shape index (κ1) is 48.2. The van der Waals surface area contributed by atoms with Crippen molar-refractivity contribution in [1.82, 2.24) is 29.9 Å². The third-order valence-corrected chi connectivity index (χ3v) is 10.3. The van der Waals surface area contributed by atoms with Crippen LogP contribution in [-0.2, 0) is 20.2 Å². The first-order valence-electron chi connectivity index (χ1n) is 19.6. The number of aliphatic hydroxyl groups excluding tert-OH is 4. The molecule has 4 atom stereocenters. The lowest BCUT2D eigenvalue weighted by Gasteiger charge is -2.14. The fraction of sp³-hybridized carbons (Fsp3) is 0.200. The fourth-order valence-corrected chi connectivity index (χ4v) is 7.32. The highest BCUT2D eigenvalue weighted by Gasteiger charge is 2.20. The minimum Gasteiger partial charge on any atom is -0.374 e. The Labute approximate surface area is 378 Å². The van der Waals surface area contributed by atoms with Crippen LogP contribution in [0.1, 0.15) is 38.8 Å². The summed E-state index contributed by atoms with van der Waals surface area (Å²) < 4.78 is 71.2. The molecule has 348 valence electrons. The Hall–Kier alpha value is -7.30. The van der Waals surface area contributed by atoms with Crippen LogP contribution in [-0.4, -0.2) is 101 Å². The highest BCUT2D eigenvalue weighted by molar-refractivity contribution is 7.86. The van der Waals surface area contributed by atoms with E-state index in [4.69, 9.17) is 0 Å². The maximum atomic E-state index is 12.7. The summed E-state index contributed by atoms with van der Waals surface area (Å²) in [5.74, 6) is -0.262. The molecule has 0 aliphatic rings. The molecule has 0 saturated carbocycles. The van der Waals surface area contributed by atoms with E-state index in [1.54, 1.807) is 62.4 Å². The molecule has 0 amide bonds. The maximum absolute atomic E-state index is 12.7. The molecule has 14 N–H and O–H groups in total. The molecule has 6 rings (SSSR count). The molecule has 4 aromatic carbocycles. The number of aromatic nitrogens is 6. The molecule has 0 bridgehead atoms. The van der Waals surface area contributed by atoms with Crippen LogP contribution in [0, 0.1) is 0 Å². The zero-order valence-electron chi connectivity index (χ0n) is 35.4. The van der Waals surface area contributed by atoms with E-state index in [-0.39, 0.29) is 58.2 Å². The van der Waals surface area contributed by atoms with Gasteiger partial charge in [-0.15, -0.1) is 0 Å². The van der Waals surface area contributed by atoms with Gasteiger partial charge in [0.2, 0.25) is 35.7 Å². The number of nitrogens with zero attached hydrogens (tertiary/aromatic N) is 6. The lowest BCUT2D eigenvalue weighted by Crippen LogP contribution is -2.17. The zero-order chi connectivity index (χ0) is 47.8. The highest BCUT2D eigenvalue weighted by atomic mass is 32.2. The van der Waals surface area contributed by atoms with Crippen molar-refractivity contribution >= 4 is 102 Å². The predicted molar refractivity (Wildman–Crippen MR) is 248 cm³/mol. The van der Waals surface area contributed by atoms with Gasteiger partial charge in [0, 0.05) is 34.1 Å². The summed E-state index contributed by atoms with van der Waals surface area (Å²) in [6, 6.07) is 21.3. The Kier molecular flexibility index (Phi) is 15.1. The van der Waals surface area contributed by atoms with Gasteiger partial charge in [-0.3, -0.25) is 9.11 Å². The van der Waals surface area contributed by atoms with E-state index in [0.29, 0.717) is 22.7 Å². The molecule has 4 unspecified atom stereocenters. The summed E-state index contributed by atoms with van der Waals surface area (Å²) in [5.41, 5.74) is 2.43. The quantitative estimate of drug-likeness (QED) is 0.0280. The maximum Gasteiger partial charge on any atom is 0.295 e. The number of hydrogen-bond donors (Lipinski definition) is 14. The van der Waals surface area contributed by atoms with Crippen molar-refractivity contribution in [3.8, 4) is 0 Å². The van der Waals surface area contributed by atoms with Crippen molar-refractivity contribution in [3.05, 3.63) is 96.1 Å². The molecule has 0 saturated heterocycles. The Morgan fingerprint density at radius 2 is 0.652 bits per heavy atom. The topological polar surface area (TPSA) is 363 Å². The first-order valence-corrected chi connectivity index (χ1v) is 22.5. The van der Waals surface area contributed by atoms with Crippen molar-refractivity contribution in [2.75, 3.05) is 42.5 Å². The summed E-state index contributed by atoms with van der Waals surface area (Å²) >= 11 is 0. The van der Waals surface area contributed by atoms with Gasteiger partial charge in [-0.1, -0.05) is 24.3 Å². The van der Waals surface area contributed by atoms with Gasteiger partial charge in [-0.05, 0) is 112 Å². The molecule has 26 heteroatoms. The van der Waals surface area contributed by atoms with Gasteiger partial charge in [-0.2, -0.15) is 46.7 Å². The van der Waals surface area contributed by atoms with E-state index >= 15 is 0 Å². The average Bonchev–Trinajstić information content (AvgIpc) is 3.20. The SMILES string of the molecule is CC(O)Nc1ccc(Nc2nc(Nc3ccc(C=Cc4ccc(Nc5nc(Nc6ccc(NC(C)O)cc6)nc(NC(C)O)n5)cc4S(=O)(=O)O)c(S(=O)(=O)O)c3)nc(NC(C)O)n2)cc1. The van der Waals surface area contributed by atoms with Crippen molar-refractivity contribution in [1.29, 1.82) is 0 Å². The lowest BCUT2D eigenvalue weighted by atomic mass is 10.1. The van der Waals surface area contributed by atoms with E-state index < -0.39 is 54.9 Å². The second-order valence-corrected chi connectivity index (χ2v) is 17.1. The third kappa shape index (κ3) is 14.1. The second-order valence-electron chi connectivity index (χ2n) is 14.3. The summed E-state index contributed by atoms with van der Waals surface area (Å²) in [4.78, 5) is 24.5. The van der Waals surface area contributed by atoms with Crippen LogP contribution in [0.25, 0.3) is 12.2 Å². The van der Waals surface area contributed by atoms with Crippen molar-refractivity contribution in [2.24, 2.45) is 0 Å². The molecule has 2 aromatic heterocycles. The van der Waals surface area contributed by atoms with Gasteiger partial charge < -0.3 is 63.0 Å². The van der Waals surface area contributed by atoms with Gasteiger partial charge in [-0.25, -0.2) is 0 Å². The molecule has 24 nitrogen and oxygen atoms in total. The minimum atomic E-state index is -4.92. The van der Waals surface area contributed by atoms with E-state index in [0.717, 1.165) is 12.1 Å². The van der Waals surface area contributed by atoms with Crippen LogP contribution in [0.3, 0.4) is 0 Å². The molecule has 0 aliphatic heterocycles. The van der Waals surface area contributed by atoms with Crippen LogP contribution in [0.2, 0.25) is 0 Å². The highest BCUT2D eigenvalue weighted by Crippen LogP contribution is 2.29. The van der Waals surface area contributed by atoms with Crippen molar-refractivity contribution < 1.29 is 46.4 Å². The van der Waals surface area contributed by atoms with E-state index in [2.05, 4.69) is 72.4 Å². The van der Waals surface area contributed by atoms with Crippen LogP contribution in [0.4, 0.5) is 69.8 Å². The zero-order valence-corrected chi connectivity index (χ0v) is 37.0. The minimum absolute atomic E-state index is 0.0238. The van der Waals surface area contributed by atoms with E-state index in [1.165, 1.54) is 50.3 Å². The predicted octanol–water partition coefficient (Wildman–Crippen LogP) is 4.70. The number of aliphatic hydroxyl groups is 4. The summed E-state index contributed by atoms with van der Waals surface area (Å²) in [5, 5.41) is 61.8. The normalized spacial score (nSPS) is 13.5. The monoisotopic (exact) mass is 946 g/mol. The molecule has 66 heavy (non-hydrogen) atoms. The Bertz CT molecular complexity index is 2710. The molecule has 0 radical (unpaired) electrons. The smallest absolute Gasteiger partial charge is 0.295 e. The summed E-state index contributed by atoms with van der Waals surface area (Å²) in [6.07, 6.45) is -1.26. The number of hydrogen-bond acceptors (Lipinski definition) is 22. The summed E-state index contributed by atoms with van der Waals surface area (Å²) in [6.45, 7) is 6.02. The Morgan fingerprint density at radius 1 is 0.394 bits per heavy atom. The standard InChI is InChI=1S/C40H46N14O10S2/c1-21(55)41-27-11-15-29(16-12-27)45-37-49-35(43-23(3)57)51-39(53-37)47-31-9-7-25(33(19-31)65(59,60)61)5-6-26-8-10-32(20-34(26)66(62,63)64)48-40-52-36(44-24(4)58)50-38(54-40)46-30-17-13-28(14-18-30)42-22(2)56/h5-24,41-42,55-58H,1-4H3,(H,59,60,61)(H,62,63,64)(H3,43,45,47,49,51,53)(H3,44,46,48,50,52,54).